The van der Waals surface area contributed by atoms with Crippen molar-refractivity contribution in [2.75, 3.05) is 39.4 Å². The van der Waals surface area contributed by atoms with Crippen molar-refractivity contribution in [3.8, 4) is 5.75 Å². The normalized spacial score (nSPS) is 13.6. The number of carbonyl (C=O) groups is 3. The molecular formula is C29H45F3N6O7. The molecule has 13 nitrogen and oxygen atoms in total. The van der Waals surface area contributed by atoms with Crippen LogP contribution in [0.5, 0.6) is 5.75 Å². The average molecular weight is 647 g/mol. The molecule has 45 heavy (non-hydrogen) atoms. The highest BCUT2D eigenvalue weighted by molar-refractivity contribution is 5.96. The zero-order valence-electron chi connectivity index (χ0n) is 26.7. The molecule has 0 radical (unpaired) electrons. The van der Waals surface area contributed by atoms with Gasteiger partial charge in [0.15, 0.2) is 0 Å². The molecule has 0 saturated heterocycles. The van der Waals surface area contributed by atoms with Crippen LogP contribution >= 0.6 is 0 Å². The third kappa shape index (κ3) is 14.2. The molecule has 0 aliphatic carbocycles. The van der Waals surface area contributed by atoms with Gasteiger partial charge in [0.1, 0.15) is 30.2 Å². The lowest BCUT2D eigenvalue weighted by atomic mass is 10.1. The zero-order valence-corrected chi connectivity index (χ0v) is 26.7. The van der Waals surface area contributed by atoms with Crippen molar-refractivity contribution >= 4 is 24.1 Å². The van der Waals surface area contributed by atoms with Crippen LogP contribution in [0.3, 0.4) is 0 Å². The van der Waals surface area contributed by atoms with E-state index in [-0.39, 0.29) is 58.4 Å². The van der Waals surface area contributed by atoms with E-state index in [0.29, 0.717) is 18.6 Å². The molecule has 1 aliphatic rings. The van der Waals surface area contributed by atoms with Crippen LogP contribution < -0.4 is 21.3 Å². The van der Waals surface area contributed by atoms with Gasteiger partial charge in [-0.15, -0.1) is 0 Å². The molecule has 3 amide bonds. The van der Waals surface area contributed by atoms with Gasteiger partial charge in [0.2, 0.25) is 5.96 Å². The monoisotopic (exact) mass is 646 g/mol. The van der Waals surface area contributed by atoms with E-state index in [1.807, 2.05) is 0 Å². The molecule has 1 aromatic rings. The second-order valence-corrected chi connectivity index (χ2v) is 12.3. The Morgan fingerprint density at radius 1 is 0.889 bits per heavy atom. The summed E-state index contributed by atoms with van der Waals surface area (Å²) >= 11 is 0. The number of hydrogen-bond acceptors (Lipinski definition) is 8. The molecule has 4 N–H and O–H groups in total. The number of nitrogens with zero attached hydrogens (tertiary/aromatic N) is 3. The highest BCUT2D eigenvalue weighted by Gasteiger charge is 2.40. The van der Waals surface area contributed by atoms with Crippen LogP contribution in [0.2, 0.25) is 0 Å². The molecule has 1 heterocycles. The van der Waals surface area contributed by atoms with Gasteiger partial charge in [-0.25, -0.2) is 15.5 Å². The second-order valence-electron chi connectivity index (χ2n) is 12.3. The lowest BCUT2D eigenvalue weighted by Gasteiger charge is -2.32. The Morgan fingerprint density at radius 3 is 1.91 bits per heavy atom. The van der Waals surface area contributed by atoms with E-state index >= 15 is 0 Å². The first-order valence-corrected chi connectivity index (χ1v) is 14.6. The van der Waals surface area contributed by atoms with Crippen LogP contribution in [-0.4, -0.2) is 90.6 Å². The number of aliphatic imine (C=N–C) groups is 1. The summed E-state index contributed by atoms with van der Waals surface area (Å²) in [6.07, 6.45) is -5.88. The molecule has 0 spiro atoms. The standard InChI is InChI=1S/C29H45F3N6O7/c1-27(2,3)44-25(40)34-11-7-13-37(14-8-12-35-26(41)45-28(4,5)6)24(36-23(39)29(30,31)32)38-18-20-9-10-22(17-21(20)19-38)42-15-16-43-33/h9-10,17H,7-8,11-16,18-19,33H2,1-6H3,(H,34,40)(H,35,41). The number of ether oxygens (including phenoxy) is 3. The number of alkyl carbamates (subject to hydrolysis) is 2. The van der Waals surface area contributed by atoms with Crippen LogP contribution in [0.4, 0.5) is 22.8 Å². The molecule has 0 saturated carbocycles. The van der Waals surface area contributed by atoms with Gasteiger partial charge >= 0.3 is 24.3 Å². The number of nitrogens with two attached hydrogens (primary N) is 1. The van der Waals surface area contributed by atoms with Crippen molar-refractivity contribution in [3.05, 3.63) is 29.3 Å². The van der Waals surface area contributed by atoms with E-state index in [2.05, 4.69) is 20.5 Å². The minimum Gasteiger partial charge on any atom is -0.491 e. The topological polar surface area (TPSA) is 157 Å². The van der Waals surface area contributed by atoms with E-state index in [4.69, 9.17) is 20.1 Å². The summed E-state index contributed by atoms with van der Waals surface area (Å²) in [4.78, 5) is 47.5. The summed E-state index contributed by atoms with van der Waals surface area (Å²) < 4.78 is 56.4. The van der Waals surface area contributed by atoms with E-state index in [0.717, 1.165) is 11.1 Å². The molecule has 0 bridgehead atoms. The second kappa shape index (κ2) is 16.5. The number of benzene rings is 1. The maximum absolute atomic E-state index is 13.4. The van der Waals surface area contributed by atoms with Crippen molar-refractivity contribution in [3.63, 3.8) is 0 Å². The van der Waals surface area contributed by atoms with Gasteiger partial charge in [-0.05, 0) is 77.6 Å². The van der Waals surface area contributed by atoms with Crippen LogP contribution in [0.15, 0.2) is 23.2 Å². The van der Waals surface area contributed by atoms with Crippen LogP contribution in [0.25, 0.3) is 0 Å². The minimum atomic E-state index is -5.19. The van der Waals surface area contributed by atoms with Gasteiger partial charge in [-0.2, -0.15) is 18.2 Å². The van der Waals surface area contributed by atoms with E-state index < -0.39 is 35.5 Å². The van der Waals surface area contributed by atoms with Crippen LogP contribution in [0.1, 0.15) is 65.5 Å². The quantitative estimate of drug-likeness (QED) is 0.132. The molecule has 0 unspecified atom stereocenters. The van der Waals surface area contributed by atoms with Crippen LogP contribution in [-0.2, 0) is 32.2 Å². The van der Waals surface area contributed by atoms with Gasteiger partial charge < -0.3 is 39.5 Å². The highest BCUT2D eigenvalue weighted by Crippen LogP contribution is 2.28. The molecule has 2 rings (SSSR count). The molecule has 16 heteroatoms. The van der Waals surface area contributed by atoms with E-state index in [9.17, 15) is 27.6 Å². The predicted molar refractivity (Wildman–Crippen MR) is 159 cm³/mol. The fourth-order valence-electron chi connectivity index (χ4n) is 4.17. The highest BCUT2D eigenvalue weighted by atomic mass is 19.4. The Labute approximate surface area is 261 Å². The van der Waals surface area contributed by atoms with Gasteiger partial charge in [-0.3, -0.25) is 4.79 Å². The lowest BCUT2D eigenvalue weighted by molar-refractivity contribution is -0.169. The number of fused-ring (bicyclic) bond motifs is 1. The summed E-state index contributed by atoms with van der Waals surface area (Å²) in [5.41, 5.74) is 0.195. The largest absolute Gasteiger partial charge is 0.491 e. The molecule has 1 aliphatic heterocycles. The van der Waals surface area contributed by atoms with Crippen LogP contribution in [0, 0.1) is 0 Å². The Balaban J connectivity index is 2.26. The molecule has 254 valence electrons. The van der Waals surface area contributed by atoms with Gasteiger partial charge in [0.05, 0.1) is 0 Å². The number of nitrogens with one attached hydrogen (secondary N) is 2. The van der Waals surface area contributed by atoms with Crippen molar-refractivity contribution in [2.45, 2.75) is 84.9 Å². The summed E-state index contributed by atoms with van der Waals surface area (Å²) in [5.74, 6) is 3.13. The van der Waals surface area contributed by atoms with Gasteiger partial charge in [0.25, 0.3) is 0 Å². The minimum absolute atomic E-state index is 0.131. The molecular weight excluding hydrogens is 601 g/mol. The van der Waals surface area contributed by atoms with Gasteiger partial charge in [0, 0.05) is 39.3 Å². The van der Waals surface area contributed by atoms with Crippen molar-refractivity contribution in [1.29, 1.82) is 0 Å². The maximum atomic E-state index is 13.4. The maximum Gasteiger partial charge on any atom is 0.473 e. The first-order valence-electron chi connectivity index (χ1n) is 14.6. The third-order valence-corrected chi connectivity index (χ3v) is 5.93. The Morgan fingerprint density at radius 2 is 1.42 bits per heavy atom. The third-order valence-electron chi connectivity index (χ3n) is 5.93. The fourth-order valence-corrected chi connectivity index (χ4v) is 4.17. The predicted octanol–water partition coefficient (Wildman–Crippen LogP) is 3.85. The summed E-state index contributed by atoms with van der Waals surface area (Å²) in [6.45, 7) is 11.6. The summed E-state index contributed by atoms with van der Waals surface area (Å²) in [6, 6.07) is 5.27. The fraction of sp³-hybridized carbons (Fsp3) is 0.655. The number of carbonyl (C=O) groups excluding carboxylic acids is 3. The lowest BCUT2D eigenvalue weighted by Crippen LogP contribution is -2.45. The summed E-state index contributed by atoms with van der Waals surface area (Å²) in [7, 11) is 0. The van der Waals surface area contributed by atoms with Crippen molar-refractivity contribution in [2.24, 2.45) is 10.9 Å². The Hall–Kier alpha value is -3.79. The molecule has 0 atom stereocenters. The first-order chi connectivity index (χ1) is 20.9. The first kappa shape index (κ1) is 37.4. The number of halogens is 3. The molecule has 1 aromatic carbocycles. The number of guanidine groups is 1. The number of hydrogen-bond donors (Lipinski definition) is 3. The van der Waals surface area contributed by atoms with E-state index in [1.165, 1.54) is 0 Å². The Kier molecular flexibility index (Phi) is 13.7. The SMILES string of the molecule is CC(C)(C)OC(=O)NCCCN(CCCNC(=O)OC(C)(C)C)C(=NC(=O)C(F)(F)F)N1Cc2ccc(OCCON)cc2C1. The number of rotatable bonds is 12. The number of alkyl halides is 3. The van der Waals surface area contributed by atoms with Gasteiger partial charge in [-0.1, -0.05) is 6.07 Å². The molecule has 0 aromatic heterocycles. The summed E-state index contributed by atoms with van der Waals surface area (Å²) in [5, 5.41) is 5.24. The van der Waals surface area contributed by atoms with Crippen molar-refractivity contribution in [1.82, 2.24) is 20.4 Å². The Bertz CT molecular complexity index is 1150. The van der Waals surface area contributed by atoms with E-state index in [1.54, 1.807) is 69.5 Å². The zero-order chi connectivity index (χ0) is 33.8. The average Bonchev–Trinajstić information content (AvgIpc) is 3.31. The van der Waals surface area contributed by atoms with Crippen molar-refractivity contribution < 1.29 is 46.6 Å². The smallest absolute Gasteiger partial charge is 0.473 e. The number of amides is 3. The molecule has 0 fully saturated rings.